The van der Waals surface area contributed by atoms with Gasteiger partial charge in [-0.1, -0.05) is 85.5 Å². The molecule has 0 bridgehead atoms. The van der Waals surface area contributed by atoms with Crippen molar-refractivity contribution in [3.63, 3.8) is 0 Å². The molecule has 0 atom stereocenters. The Bertz CT molecular complexity index is 1690. The van der Waals surface area contributed by atoms with Crippen molar-refractivity contribution in [2.24, 2.45) is 0 Å². The van der Waals surface area contributed by atoms with Crippen LogP contribution in [0.4, 0.5) is 0 Å². The van der Waals surface area contributed by atoms with Gasteiger partial charge in [-0.05, 0) is 75.0 Å². The third-order valence-corrected chi connectivity index (χ3v) is 6.34. The SMILES string of the molecule is C=C(/C=C(\C)c1ccc2oc3ccccc3c2c1)c1ccc2c(ccc3ccccc32)c1. The lowest BCUT2D eigenvalue weighted by Gasteiger charge is -2.08. The zero-order valence-electron chi connectivity index (χ0n) is 17.9. The Morgan fingerprint density at radius 1 is 0.625 bits per heavy atom. The number of benzene rings is 5. The highest BCUT2D eigenvalue weighted by Crippen LogP contribution is 2.32. The smallest absolute Gasteiger partial charge is 0.135 e. The highest BCUT2D eigenvalue weighted by atomic mass is 16.3. The van der Waals surface area contributed by atoms with Crippen LogP contribution in [0, 0.1) is 0 Å². The van der Waals surface area contributed by atoms with Crippen molar-refractivity contribution < 1.29 is 4.42 Å². The summed E-state index contributed by atoms with van der Waals surface area (Å²) in [5.41, 5.74) is 6.35. The lowest BCUT2D eigenvalue weighted by Crippen LogP contribution is -1.85. The van der Waals surface area contributed by atoms with Gasteiger partial charge in [-0.15, -0.1) is 0 Å². The maximum absolute atomic E-state index is 5.97. The van der Waals surface area contributed by atoms with Crippen molar-refractivity contribution in [3.8, 4) is 0 Å². The molecule has 152 valence electrons. The van der Waals surface area contributed by atoms with E-state index in [1.165, 1.54) is 32.7 Å². The fraction of sp³-hybridized carbons (Fsp3) is 0.0323. The first-order valence-corrected chi connectivity index (χ1v) is 10.9. The van der Waals surface area contributed by atoms with E-state index in [2.05, 4.69) is 105 Å². The minimum Gasteiger partial charge on any atom is -0.456 e. The van der Waals surface area contributed by atoms with Crippen LogP contribution in [0.2, 0.25) is 0 Å². The molecule has 1 nitrogen and oxygen atoms in total. The van der Waals surface area contributed by atoms with Crippen molar-refractivity contribution in [1.29, 1.82) is 0 Å². The molecule has 6 rings (SSSR count). The molecule has 0 aliphatic carbocycles. The molecule has 32 heavy (non-hydrogen) atoms. The maximum atomic E-state index is 5.97. The molecule has 1 heteroatoms. The standard InChI is InChI=1S/C31H22O/c1-20(23-13-15-27-25(18-23)12-11-22-7-3-4-8-26(22)27)17-21(2)24-14-16-31-29(19-24)28-9-5-6-10-30(28)32-31/h3-19H,1H2,2H3/b21-17+. The predicted molar refractivity (Wildman–Crippen MR) is 138 cm³/mol. The van der Waals surface area contributed by atoms with Crippen LogP contribution >= 0.6 is 0 Å². The van der Waals surface area contributed by atoms with Gasteiger partial charge >= 0.3 is 0 Å². The van der Waals surface area contributed by atoms with E-state index < -0.39 is 0 Å². The summed E-state index contributed by atoms with van der Waals surface area (Å²) in [4.78, 5) is 0. The van der Waals surface area contributed by atoms with Crippen molar-refractivity contribution in [1.82, 2.24) is 0 Å². The number of furan rings is 1. The van der Waals surface area contributed by atoms with E-state index in [-0.39, 0.29) is 0 Å². The molecule has 0 aliphatic heterocycles. The van der Waals surface area contributed by atoms with Gasteiger partial charge in [0.15, 0.2) is 0 Å². The van der Waals surface area contributed by atoms with Crippen LogP contribution in [0.15, 0.2) is 114 Å². The monoisotopic (exact) mass is 410 g/mol. The molecule has 1 heterocycles. The van der Waals surface area contributed by atoms with Crippen LogP contribution in [-0.4, -0.2) is 0 Å². The zero-order valence-corrected chi connectivity index (χ0v) is 17.9. The van der Waals surface area contributed by atoms with E-state index in [0.29, 0.717) is 0 Å². The molecule has 1 aromatic heterocycles. The Labute approximate surface area is 186 Å². The van der Waals surface area contributed by atoms with Gasteiger partial charge in [0.05, 0.1) is 0 Å². The van der Waals surface area contributed by atoms with Crippen LogP contribution in [0.25, 0.3) is 54.6 Å². The van der Waals surface area contributed by atoms with Gasteiger partial charge in [0.2, 0.25) is 0 Å². The van der Waals surface area contributed by atoms with Gasteiger partial charge in [-0.25, -0.2) is 0 Å². The van der Waals surface area contributed by atoms with Crippen LogP contribution in [0.3, 0.4) is 0 Å². The van der Waals surface area contributed by atoms with E-state index in [1.54, 1.807) is 0 Å². The van der Waals surface area contributed by atoms with Gasteiger partial charge in [0, 0.05) is 10.8 Å². The summed E-state index contributed by atoms with van der Waals surface area (Å²) < 4.78 is 5.97. The lowest BCUT2D eigenvalue weighted by atomic mass is 9.96. The number of rotatable bonds is 3. The number of hydrogen-bond acceptors (Lipinski definition) is 1. The van der Waals surface area contributed by atoms with Gasteiger partial charge in [-0.3, -0.25) is 0 Å². The first-order valence-electron chi connectivity index (χ1n) is 10.9. The molecule has 0 fully saturated rings. The summed E-state index contributed by atoms with van der Waals surface area (Å²) in [5, 5.41) is 7.36. The van der Waals surface area contributed by atoms with Crippen LogP contribution in [0.1, 0.15) is 18.1 Å². The summed E-state index contributed by atoms with van der Waals surface area (Å²) in [7, 11) is 0. The Kier molecular flexibility index (Phi) is 4.22. The van der Waals surface area contributed by atoms with Crippen molar-refractivity contribution in [2.75, 3.05) is 0 Å². The molecule has 6 aromatic rings. The third-order valence-electron chi connectivity index (χ3n) is 6.34. The van der Waals surface area contributed by atoms with Gasteiger partial charge in [0.1, 0.15) is 11.2 Å². The first-order chi connectivity index (χ1) is 15.7. The van der Waals surface area contributed by atoms with E-state index in [0.717, 1.165) is 33.1 Å². The predicted octanol–water partition coefficient (Wildman–Crippen LogP) is 9.01. The fourth-order valence-electron chi connectivity index (χ4n) is 4.61. The highest BCUT2D eigenvalue weighted by molar-refractivity contribution is 6.08. The average molecular weight is 411 g/mol. The lowest BCUT2D eigenvalue weighted by molar-refractivity contribution is 0.669. The maximum Gasteiger partial charge on any atom is 0.135 e. The number of fused-ring (bicyclic) bond motifs is 6. The average Bonchev–Trinajstić information content (AvgIpc) is 3.21. The Hall–Kier alpha value is -4.10. The molecule has 0 saturated heterocycles. The fourth-order valence-corrected chi connectivity index (χ4v) is 4.61. The minimum absolute atomic E-state index is 0.920. The van der Waals surface area contributed by atoms with E-state index >= 15 is 0 Å². The molecule has 0 saturated carbocycles. The molecule has 0 spiro atoms. The molecular formula is C31H22O. The molecular weight excluding hydrogens is 388 g/mol. The van der Waals surface area contributed by atoms with E-state index in [9.17, 15) is 0 Å². The third kappa shape index (κ3) is 3.02. The Balaban J connectivity index is 1.38. The van der Waals surface area contributed by atoms with Crippen LogP contribution in [-0.2, 0) is 0 Å². The quantitative estimate of drug-likeness (QED) is 0.209. The number of para-hydroxylation sites is 1. The minimum atomic E-state index is 0.920. The molecule has 5 aromatic carbocycles. The highest BCUT2D eigenvalue weighted by Gasteiger charge is 2.08. The van der Waals surface area contributed by atoms with Gasteiger partial charge < -0.3 is 4.42 Å². The van der Waals surface area contributed by atoms with Crippen molar-refractivity contribution in [3.05, 3.63) is 121 Å². The van der Waals surface area contributed by atoms with Crippen molar-refractivity contribution in [2.45, 2.75) is 6.92 Å². The zero-order chi connectivity index (χ0) is 21.7. The van der Waals surface area contributed by atoms with Crippen LogP contribution in [0.5, 0.6) is 0 Å². The topological polar surface area (TPSA) is 13.1 Å². The van der Waals surface area contributed by atoms with Crippen molar-refractivity contribution >= 4 is 54.6 Å². The molecule has 0 N–H and O–H groups in total. The van der Waals surface area contributed by atoms with E-state index in [4.69, 9.17) is 4.42 Å². The Morgan fingerprint density at radius 2 is 1.31 bits per heavy atom. The van der Waals surface area contributed by atoms with E-state index in [1.807, 2.05) is 12.1 Å². The summed E-state index contributed by atoms with van der Waals surface area (Å²) in [6, 6.07) is 34.1. The van der Waals surface area contributed by atoms with Gasteiger partial charge in [0.25, 0.3) is 0 Å². The molecule has 0 unspecified atom stereocenters. The van der Waals surface area contributed by atoms with Crippen LogP contribution < -0.4 is 0 Å². The first kappa shape index (κ1) is 18.7. The second-order valence-corrected chi connectivity index (χ2v) is 8.38. The summed E-state index contributed by atoms with van der Waals surface area (Å²) in [6.07, 6.45) is 2.17. The normalized spacial score (nSPS) is 12.2. The largest absolute Gasteiger partial charge is 0.456 e. The summed E-state index contributed by atoms with van der Waals surface area (Å²) >= 11 is 0. The molecule has 0 amide bonds. The second kappa shape index (κ2) is 7.25. The Morgan fingerprint density at radius 3 is 2.22 bits per heavy atom. The molecule has 0 aliphatic rings. The summed E-state index contributed by atoms with van der Waals surface area (Å²) in [6.45, 7) is 6.51. The number of allylic oxidation sites excluding steroid dienone is 3. The summed E-state index contributed by atoms with van der Waals surface area (Å²) in [5.74, 6) is 0. The number of hydrogen-bond donors (Lipinski definition) is 0. The van der Waals surface area contributed by atoms with Gasteiger partial charge in [-0.2, -0.15) is 0 Å². The second-order valence-electron chi connectivity index (χ2n) is 8.38. The molecule has 0 radical (unpaired) electrons.